The summed E-state index contributed by atoms with van der Waals surface area (Å²) in [6, 6.07) is 0. The van der Waals surface area contributed by atoms with Crippen molar-refractivity contribution in [2.75, 3.05) is 0 Å². The Balaban J connectivity index is 0. The first-order chi connectivity index (χ1) is 5.37. The fourth-order valence-corrected chi connectivity index (χ4v) is 17.5. The van der Waals surface area contributed by atoms with E-state index in [9.17, 15) is 0 Å². The van der Waals surface area contributed by atoms with E-state index in [1.807, 2.05) is 0 Å². The third kappa shape index (κ3) is 5.07. The minimum absolute atomic E-state index is 0. The van der Waals surface area contributed by atoms with Gasteiger partial charge in [-0.2, -0.15) is 0 Å². The minimum Gasteiger partial charge on any atom is -0.147 e. The maximum absolute atomic E-state index is 2.43. The van der Waals surface area contributed by atoms with Crippen LogP contribution in [0.4, 0.5) is 0 Å². The van der Waals surface area contributed by atoms with E-state index >= 15 is 0 Å². The van der Waals surface area contributed by atoms with Gasteiger partial charge in [0.25, 0.3) is 0 Å². The van der Waals surface area contributed by atoms with Gasteiger partial charge < -0.3 is 0 Å². The first-order valence-electron chi connectivity index (χ1n) is 5.25. The van der Waals surface area contributed by atoms with Gasteiger partial charge in [0.2, 0.25) is 0 Å². The van der Waals surface area contributed by atoms with Gasteiger partial charge in [-0.25, -0.2) is 0 Å². The molecule has 0 bridgehead atoms. The molecule has 0 aromatic carbocycles. The van der Waals surface area contributed by atoms with E-state index < -0.39 is 14.3 Å². The second-order valence-electron chi connectivity index (χ2n) is 7.12. The van der Waals surface area contributed by atoms with Crippen LogP contribution in [0.3, 0.4) is 0 Å². The van der Waals surface area contributed by atoms with Crippen LogP contribution in [-0.4, -0.2) is 14.3 Å². The Kier molecular flexibility index (Phi) is 5.88. The zero-order chi connectivity index (χ0) is 11.1. The first-order valence-corrected chi connectivity index (χ1v) is 8.40. The number of rotatable bonds is 0. The Morgan fingerprint density at radius 3 is 0.643 bits per heavy atom. The van der Waals surface area contributed by atoms with Crippen LogP contribution < -0.4 is 0 Å². The van der Waals surface area contributed by atoms with Crippen LogP contribution in [0.5, 0.6) is 0 Å². The monoisotopic (exact) mass is 281 g/mol. The molecule has 0 aliphatic heterocycles. The summed E-state index contributed by atoms with van der Waals surface area (Å²) < 4.78 is 1.66. The molecule has 0 saturated carbocycles. The number of hydrogen-bond donors (Lipinski definition) is 0. The Bertz CT molecular complexity index is 133. The Labute approximate surface area is 102 Å². The molecule has 1 radical (unpaired) electrons. The fourth-order valence-electron chi connectivity index (χ4n) is 3.38. The van der Waals surface area contributed by atoms with Crippen molar-refractivity contribution in [3.63, 3.8) is 0 Å². The summed E-state index contributed by atoms with van der Waals surface area (Å²) in [4.78, 5) is 0. The maximum atomic E-state index is 2.43. The Hall–Kier alpha value is 0.833. The van der Waals surface area contributed by atoms with Crippen molar-refractivity contribution in [1.29, 1.82) is 0 Å². The molecule has 0 aliphatic rings. The molecule has 2 heteroatoms. The molecule has 0 amide bonds. The second kappa shape index (κ2) is 4.78. The van der Waals surface area contributed by atoms with Gasteiger partial charge in [-0.1, -0.05) is 0 Å². The molecule has 0 nitrogen and oxygen atoms in total. The number of hydrogen-bond acceptors (Lipinski definition) is 0. The average molecular weight is 280 g/mol. The van der Waals surface area contributed by atoms with Crippen LogP contribution in [-0.2, 0) is 0 Å². The third-order valence-corrected chi connectivity index (χ3v) is 11.7. The van der Waals surface area contributed by atoms with Crippen LogP contribution >= 0.6 is 12.4 Å². The van der Waals surface area contributed by atoms with Crippen LogP contribution in [0.15, 0.2) is 0 Å². The van der Waals surface area contributed by atoms with Crippen molar-refractivity contribution >= 4 is 26.8 Å². The van der Waals surface area contributed by atoms with E-state index in [1.54, 1.807) is 0 Å². The summed E-state index contributed by atoms with van der Waals surface area (Å²) in [5.74, 6) is 0. The largest absolute Gasteiger partial charge is 0.147 e. The van der Waals surface area contributed by atoms with E-state index in [1.165, 1.54) is 0 Å². The predicted octanol–water partition coefficient (Wildman–Crippen LogP) is 5.30. The molecule has 0 saturated heterocycles. The summed E-state index contributed by atoms with van der Waals surface area (Å²) in [5, 5.41) is 0. The van der Waals surface area contributed by atoms with Crippen LogP contribution in [0.1, 0.15) is 62.3 Å². The standard InChI is InChI=1S/C12H27Ge.ClH/c1-10(2,3)13(11(4,5)6)12(7,8)9;/h1-9H3;1H. The first kappa shape index (κ1) is 17.2. The molecule has 0 unspecified atom stereocenters. The Morgan fingerprint density at radius 2 is 0.643 bits per heavy atom. The van der Waals surface area contributed by atoms with Gasteiger partial charge in [-0.05, 0) is 0 Å². The molecular weight excluding hydrogens is 252 g/mol. The third-order valence-electron chi connectivity index (χ3n) is 2.25. The summed E-state index contributed by atoms with van der Waals surface area (Å²) in [6.45, 7) is 21.9. The van der Waals surface area contributed by atoms with Crippen molar-refractivity contribution in [3.05, 3.63) is 0 Å². The van der Waals surface area contributed by atoms with Gasteiger partial charge >= 0.3 is 89.4 Å². The molecule has 87 valence electrons. The Morgan fingerprint density at radius 1 is 0.500 bits per heavy atom. The van der Waals surface area contributed by atoms with Crippen molar-refractivity contribution in [1.82, 2.24) is 0 Å². The van der Waals surface area contributed by atoms with Crippen molar-refractivity contribution < 1.29 is 0 Å². The fraction of sp³-hybridized carbons (Fsp3) is 1.00. The summed E-state index contributed by atoms with van der Waals surface area (Å²) in [7, 11) is 0. The molecule has 0 spiro atoms. The van der Waals surface area contributed by atoms with Gasteiger partial charge in [0.05, 0.1) is 0 Å². The zero-order valence-electron chi connectivity index (χ0n) is 11.4. The van der Waals surface area contributed by atoms with E-state index in [2.05, 4.69) is 62.3 Å². The van der Waals surface area contributed by atoms with Crippen molar-refractivity contribution in [2.45, 2.75) is 75.1 Å². The smallest absolute Gasteiger partial charge is 0.147 e. The van der Waals surface area contributed by atoms with Gasteiger partial charge in [0, 0.05) is 0 Å². The summed E-state index contributed by atoms with van der Waals surface area (Å²) in [5.41, 5.74) is 0. The molecule has 0 aromatic heterocycles. The van der Waals surface area contributed by atoms with E-state index in [4.69, 9.17) is 0 Å². The van der Waals surface area contributed by atoms with Crippen LogP contribution in [0.25, 0.3) is 0 Å². The van der Waals surface area contributed by atoms with Crippen LogP contribution in [0, 0.1) is 0 Å². The molecule has 0 atom stereocenters. The molecule has 0 N–H and O–H groups in total. The summed E-state index contributed by atoms with van der Waals surface area (Å²) >= 11 is -1.10. The average Bonchev–Trinajstić information content (AvgIpc) is 1.44. The summed E-state index contributed by atoms with van der Waals surface area (Å²) in [6.07, 6.45) is 0. The van der Waals surface area contributed by atoms with Gasteiger partial charge in [0.1, 0.15) is 0 Å². The van der Waals surface area contributed by atoms with E-state index in [0.717, 1.165) is 0 Å². The molecule has 0 aromatic rings. The topological polar surface area (TPSA) is 0 Å². The van der Waals surface area contributed by atoms with E-state index in [-0.39, 0.29) is 12.4 Å². The molecule has 0 fully saturated rings. The zero-order valence-corrected chi connectivity index (χ0v) is 14.3. The molecule has 14 heavy (non-hydrogen) atoms. The normalized spacial score (nSPS) is 14.1. The van der Waals surface area contributed by atoms with Gasteiger partial charge in [0.15, 0.2) is 0 Å². The molecule has 0 aliphatic carbocycles. The molecule has 0 heterocycles. The number of halogens is 1. The molecular formula is C12H28ClGe. The van der Waals surface area contributed by atoms with E-state index in [0.29, 0.717) is 12.7 Å². The SMILES string of the molecule is C[C](C)(C)[Ge]([C](C)(C)C)[C](C)(C)C.Cl. The predicted molar refractivity (Wildman–Crippen MR) is 72.1 cm³/mol. The maximum Gasteiger partial charge on any atom is -0.147 e. The minimum atomic E-state index is -1.10. The van der Waals surface area contributed by atoms with Crippen molar-refractivity contribution in [2.24, 2.45) is 0 Å². The second-order valence-corrected chi connectivity index (χ2v) is 18.1. The quantitative estimate of drug-likeness (QED) is 0.528. The molecule has 0 rings (SSSR count). The van der Waals surface area contributed by atoms with Crippen LogP contribution in [0.2, 0.25) is 12.7 Å². The van der Waals surface area contributed by atoms with Gasteiger partial charge in [-0.3, -0.25) is 0 Å². The van der Waals surface area contributed by atoms with Gasteiger partial charge in [-0.15, -0.1) is 12.4 Å². The van der Waals surface area contributed by atoms with Crippen molar-refractivity contribution in [3.8, 4) is 0 Å².